The van der Waals surface area contributed by atoms with Gasteiger partial charge in [0, 0.05) is 5.39 Å². The largest absolute Gasteiger partial charge is 0.422 e. The van der Waals surface area contributed by atoms with Crippen molar-refractivity contribution in [3.05, 3.63) is 81.7 Å². The molecule has 1 heterocycles. The third kappa shape index (κ3) is 2.60. The molecule has 0 bridgehead atoms. The van der Waals surface area contributed by atoms with E-state index in [2.05, 4.69) is 11.4 Å². The molecule has 0 radical (unpaired) electrons. The van der Waals surface area contributed by atoms with Crippen LogP contribution in [0.25, 0.3) is 11.0 Å². The van der Waals surface area contributed by atoms with Gasteiger partial charge in [-0.15, -0.1) is 0 Å². The predicted molar refractivity (Wildman–Crippen MR) is 92.1 cm³/mol. The second kappa shape index (κ2) is 5.96. The second-order valence-corrected chi connectivity index (χ2v) is 6.10. The van der Waals surface area contributed by atoms with Gasteiger partial charge < -0.3 is 9.73 Å². The summed E-state index contributed by atoms with van der Waals surface area (Å²) in [6.07, 6.45) is 2.93. The normalized spacial score (nSPS) is 16.6. The van der Waals surface area contributed by atoms with E-state index >= 15 is 0 Å². The maximum Gasteiger partial charge on any atom is 0.349 e. The van der Waals surface area contributed by atoms with Gasteiger partial charge in [-0.05, 0) is 42.5 Å². The van der Waals surface area contributed by atoms with Crippen molar-refractivity contribution in [2.24, 2.45) is 0 Å². The van der Waals surface area contributed by atoms with Gasteiger partial charge in [-0.2, -0.15) is 0 Å². The summed E-state index contributed by atoms with van der Waals surface area (Å²) in [6, 6.07) is 16.9. The molecule has 1 atom stereocenters. The van der Waals surface area contributed by atoms with Crippen molar-refractivity contribution in [1.82, 2.24) is 5.32 Å². The Morgan fingerprint density at radius 1 is 1.08 bits per heavy atom. The highest BCUT2D eigenvalue weighted by Gasteiger charge is 2.23. The number of hydrogen-bond acceptors (Lipinski definition) is 3. The molecule has 0 spiro atoms. The SMILES string of the molecule is O=C(N[C@H]1CCCc2ccccc21)c1cc2ccccc2oc1=O. The number of nitrogens with one attached hydrogen (secondary N) is 1. The molecule has 1 N–H and O–H groups in total. The maximum absolute atomic E-state index is 12.6. The average Bonchev–Trinajstić information content (AvgIpc) is 2.61. The highest BCUT2D eigenvalue weighted by atomic mass is 16.4. The molecule has 1 aromatic heterocycles. The predicted octanol–water partition coefficient (Wildman–Crippen LogP) is 3.60. The van der Waals surface area contributed by atoms with Crippen LogP contribution in [-0.4, -0.2) is 5.91 Å². The standard InChI is InChI=1S/C20H17NO3/c22-19(16-12-14-7-2-4-11-18(14)24-20(16)23)21-17-10-5-8-13-6-1-3-9-15(13)17/h1-4,6-7,9,11-12,17H,5,8,10H2,(H,21,22)/t17-/m0/s1. The molecule has 1 amide bonds. The summed E-state index contributed by atoms with van der Waals surface area (Å²) in [7, 11) is 0. The van der Waals surface area contributed by atoms with E-state index in [1.165, 1.54) is 5.56 Å². The van der Waals surface area contributed by atoms with E-state index in [-0.39, 0.29) is 17.5 Å². The van der Waals surface area contributed by atoms with Gasteiger partial charge in [0.05, 0.1) is 6.04 Å². The number of rotatable bonds is 2. The van der Waals surface area contributed by atoms with Crippen LogP contribution in [0.1, 0.15) is 40.4 Å². The molecule has 0 unspecified atom stereocenters. The molecule has 4 heteroatoms. The lowest BCUT2D eigenvalue weighted by Crippen LogP contribution is -2.33. The van der Waals surface area contributed by atoms with Crippen molar-refractivity contribution in [1.29, 1.82) is 0 Å². The number of carbonyl (C=O) groups excluding carboxylic acids is 1. The third-order valence-electron chi connectivity index (χ3n) is 4.56. The summed E-state index contributed by atoms with van der Waals surface area (Å²) in [5, 5.41) is 3.74. The molecular formula is C20H17NO3. The van der Waals surface area contributed by atoms with Gasteiger partial charge in [-0.25, -0.2) is 4.79 Å². The average molecular weight is 319 g/mol. The van der Waals surface area contributed by atoms with Gasteiger partial charge in [0.2, 0.25) is 0 Å². The first-order valence-corrected chi connectivity index (χ1v) is 8.14. The first kappa shape index (κ1) is 14.7. The Balaban J connectivity index is 1.66. The number of hydrogen-bond donors (Lipinski definition) is 1. The summed E-state index contributed by atoms with van der Waals surface area (Å²) >= 11 is 0. The van der Waals surface area contributed by atoms with Crippen LogP contribution in [0.15, 0.2) is 63.8 Å². The molecular weight excluding hydrogens is 302 g/mol. The quantitative estimate of drug-likeness (QED) is 0.734. The van der Waals surface area contributed by atoms with Gasteiger partial charge in [0.1, 0.15) is 11.1 Å². The molecule has 0 fully saturated rings. The van der Waals surface area contributed by atoms with Crippen LogP contribution in [0.2, 0.25) is 0 Å². The summed E-state index contributed by atoms with van der Waals surface area (Å²) in [4.78, 5) is 24.8. The fourth-order valence-electron chi connectivity index (χ4n) is 3.36. The second-order valence-electron chi connectivity index (χ2n) is 6.10. The van der Waals surface area contributed by atoms with Crippen LogP contribution in [0.3, 0.4) is 0 Å². The minimum absolute atomic E-state index is 0.0526. The monoisotopic (exact) mass is 319 g/mol. The third-order valence-corrected chi connectivity index (χ3v) is 4.56. The molecule has 24 heavy (non-hydrogen) atoms. The Labute approximate surface area is 139 Å². The fourth-order valence-corrected chi connectivity index (χ4v) is 3.36. The van der Waals surface area contributed by atoms with Gasteiger partial charge in [0.15, 0.2) is 0 Å². The Hall–Kier alpha value is -2.88. The first-order chi connectivity index (χ1) is 11.7. The number of fused-ring (bicyclic) bond motifs is 2. The number of para-hydroxylation sites is 1. The highest BCUT2D eigenvalue weighted by molar-refractivity contribution is 5.96. The molecule has 4 nitrogen and oxygen atoms in total. The Kier molecular flexibility index (Phi) is 3.65. The van der Waals surface area contributed by atoms with Crippen LogP contribution in [-0.2, 0) is 6.42 Å². The van der Waals surface area contributed by atoms with Crippen molar-refractivity contribution in [3.8, 4) is 0 Å². The van der Waals surface area contributed by atoms with Gasteiger partial charge in [-0.1, -0.05) is 42.5 Å². The highest BCUT2D eigenvalue weighted by Crippen LogP contribution is 2.29. The Bertz CT molecular complexity index is 974. The lowest BCUT2D eigenvalue weighted by molar-refractivity contribution is 0.0929. The maximum atomic E-state index is 12.6. The van der Waals surface area contributed by atoms with Crippen molar-refractivity contribution < 1.29 is 9.21 Å². The van der Waals surface area contributed by atoms with Gasteiger partial charge in [0.25, 0.3) is 5.91 Å². The van der Waals surface area contributed by atoms with E-state index in [4.69, 9.17) is 4.42 Å². The van der Waals surface area contributed by atoms with Crippen LogP contribution >= 0.6 is 0 Å². The van der Waals surface area contributed by atoms with Gasteiger partial charge >= 0.3 is 5.63 Å². The molecule has 0 aliphatic heterocycles. The molecule has 1 aliphatic carbocycles. The van der Waals surface area contributed by atoms with E-state index in [0.717, 1.165) is 30.2 Å². The molecule has 0 saturated carbocycles. The zero-order chi connectivity index (χ0) is 16.5. The molecule has 120 valence electrons. The van der Waals surface area contributed by atoms with Crippen LogP contribution < -0.4 is 10.9 Å². The summed E-state index contributed by atoms with van der Waals surface area (Å²) in [6.45, 7) is 0. The topological polar surface area (TPSA) is 59.3 Å². The zero-order valence-corrected chi connectivity index (χ0v) is 13.1. The minimum atomic E-state index is -0.602. The molecule has 2 aromatic carbocycles. The smallest absolute Gasteiger partial charge is 0.349 e. The summed E-state index contributed by atoms with van der Waals surface area (Å²) < 4.78 is 5.26. The lowest BCUT2D eigenvalue weighted by Gasteiger charge is -2.26. The summed E-state index contributed by atoms with van der Waals surface area (Å²) in [5.41, 5.74) is 2.34. The van der Waals surface area contributed by atoms with Crippen LogP contribution in [0, 0.1) is 0 Å². The molecule has 3 aromatic rings. The van der Waals surface area contributed by atoms with E-state index in [0.29, 0.717) is 5.58 Å². The number of carbonyl (C=O) groups is 1. The number of benzene rings is 2. The molecule has 4 rings (SSSR count). The van der Waals surface area contributed by atoms with Crippen molar-refractivity contribution in [3.63, 3.8) is 0 Å². The lowest BCUT2D eigenvalue weighted by atomic mass is 9.87. The number of amides is 1. The Morgan fingerprint density at radius 2 is 1.88 bits per heavy atom. The molecule has 0 saturated heterocycles. The van der Waals surface area contributed by atoms with Crippen LogP contribution in [0.5, 0.6) is 0 Å². The van der Waals surface area contributed by atoms with E-state index in [9.17, 15) is 9.59 Å². The van der Waals surface area contributed by atoms with E-state index in [1.807, 2.05) is 30.3 Å². The summed E-state index contributed by atoms with van der Waals surface area (Å²) in [5.74, 6) is -0.379. The number of aryl methyl sites for hydroxylation is 1. The van der Waals surface area contributed by atoms with Gasteiger partial charge in [-0.3, -0.25) is 4.79 Å². The molecule has 1 aliphatic rings. The van der Waals surface area contributed by atoms with Crippen LogP contribution in [0.4, 0.5) is 0 Å². The van der Waals surface area contributed by atoms with Crippen molar-refractivity contribution in [2.75, 3.05) is 0 Å². The minimum Gasteiger partial charge on any atom is -0.422 e. The van der Waals surface area contributed by atoms with Crippen molar-refractivity contribution in [2.45, 2.75) is 25.3 Å². The first-order valence-electron chi connectivity index (χ1n) is 8.14. The Morgan fingerprint density at radius 3 is 2.79 bits per heavy atom. The zero-order valence-electron chi connectivity index (χ0n) is 13.1. The van der Waals surface area contributed by atoms with E-state index < -0.39 is 5.63 Å². The fraction of sp³-hybridized carbons (Fsp3) is 0.200. The van der Waals surface area contributed by atoms with E-state index in [1.54, 1.807) is 18.2 Å². The van der Waals surface area contributed by atoms with Crippen molar-refractivity contribution >= 4 is 16.9 Å².